The summed E-state index contributed by atoms with van der Waals surface area (Å²) < 4.78 is 36.7. The van der Waals surface area contributed by atoms with Gasteiger partial charge in [0.2, 0.25) is 0 Å². The van der Waals surface area contributed by atoms with E-state index < -0.39 is 47.0 Å². The van der Waals surface area contributed by atoms with Gasteiger partial charge in [-0.15, -0.1) is 0 Å². The minimum atomic E-state index is -1.30. The van der Waals surface area contributed by atoms with Gasteiger partial charge in [0.1, 0.15) is 0 Å². The van der Waals surface area contributed by atoms with Gasteiger partial charge >= 0.3 is 187 Å². The molecular formula is C20H27ClO8Se. The van der Waals surface area contributed by atoms with Gasteiger partial charge in [-0.2, -0.15) is 0 Å². The molecule has 0 amide bonds. The van der Waals surface area contributed by atoms with Crippen molar-refractivity contribution in [3.8, 4) is 0 Å². The summed E-state index contributed by atoms with van der Waals surface area (Å²) >= 11 is 5.45. The molecule has 0 aliphatic carbocycles. The molecule has 0 bridgehead atoms. The number of benzene rings is 1. The summed E-state index contributed by atoms with van der Waals surface area (Å²) in [4.78, 5) is 12.0. The Kier molecular flexibility index (Phi) is 7.82. The van der Waals surface area contributed by atoms with E-state index >= 15 is 0 Å². The van der Waals surface area contributed by atoms with E-state index in [-0.39, 0.29) is 27.4 Å². The molecule has 1 N–H and O–H groups in total. The van der Waals surface area contributed by atoms with Crippen molar-refractivity contribution in [3.05, 3.63) is 30.3 Å². The molecular weight excluding hydrogens is 483 g/mol. The van der Waals surface area contributed by atoms with Crippen molar-refractivity contribution in [2.24, 2.45) is 0 Å². The van der Waals surface area contributed by atoms with E-state index in [9.17, 15) is 9.90 Å². The van der Waals surface area contributed by atoms with Gasteiger partial charge < -0.3 is 0 Å². The van der Waals surface area contributed by atoms with Crippen LogP contribution in [-0.2, 0) is 33.2 Å². The normalized spacial score (nSPS) is 38.7. The van der Waals surface area contributed by atoms with Crippen LogP contribution < -0.4 is 4.46 Å². The Labute approximate surface area is 187 Å². The molecule has 2 fully saturated rings. The molecule has 168 valence electrons. The van der Waals surface area contributed by atoms with Gasteiger partial charge in [0.15, 0.2) is 0 Å². The number of fused-ring (bicyclic) bond motifs is 1. The zero-order chi connectivity index (χ0) is 21.9. The molecule has 30 heavy (non-hydrogen) atoms. The number of halogens is 1. The number of carbonyl (C=O) groups is 1. The second-order valence-electron chi connectivity index (χ2n) is 7.21. The number of hydrogen-bond acceptors (Lipinski definition) is 8. The van der Waals surface area contributed by atoms with Crippen LogP contribution in [0, 0.1) is 0 Å². The summed E-state index contributed by atoms with van der Waals surface area (Å²) in [5, 5.41) is 9.54. The van der Waals surface area contributed by atoms with Crippen LogP contribution >= 0.6 is 11.6 Å². The average molecular weight is 510 g/mol. The summed E-state index contributed by atoms with van der Waals surface area (Å²) in [7, 11) is 2.98. The van der Waals surface area contributed by atoms with Gasteiger partial charge in [-0.05, 0) is 0 Å². The molecule has 8 nitrogen and oxygen atoms in total. The Bertz CT molecular complexity index is 724. The van der Waals surface area contributed by atoms with Crippen LogP contribution in [0.5, 0.6) is 0 Å². The van der Waals surface area contributed by atoms with E-state index in [1.165, 1.54) is 14.2 Å². The van der Waals surface area contributed by atoms with E-state index in [0.717, 1.165) is 4.46 Å². The number of aliphatic hydroxyl groups excluding tert-OH is 1. The Hall–Kier alpha value is -0.741. The summed E-state index contributed by atoms with van der Waals surface area (Å²) in [6, 6.07) is 9.85. The first-order chi connectivity index (χ1) is 14.3. The zero-order valence-corrected chi connectivity index (χ0v) is 19.7. The molecule has 0 unspecified atom stereocenters. The predicted octanol–water partition coefficient (Wildman–Crippen LogP) is 0.393. The van der Waals surface area contributed by atoms with E-state index in [1.54, 1.807) is 13.8 Å². The molecule has 2 heterocycles. The quantitative estimate of drug-likeness (QED) is 0.321. The molecule has 2 aliphatic rings. The maximum absolute atomic E-state index is 12.0. The molecule has 7 atom stereocenters. The molecule has 3 rings (SSSR count). The molecule has 2 saturated heterocycles. The van der Waals surface area contributed by atoms with Crippen LogP contribution in [0.4, 0.5) is 0 Å². The monoisotopic (exact) mass is 510 g/mol. The third-order valence-electron chi connectivity index (χ3n) is 5.47. The van der Waals surface area contributed by atoms with E-state index in [1.807, 2.05) is 30.3 Å². The van der Waals surface area contributed by atoms with Crippen molar-refractivity contribution in [1.82, 2.24) is 0 Å². The third-order valence-corrected chi connectivity index (χ3v) is 8.11. The summed E-state index contributed by atoms with van der Waals surface area (Å²) in [5.74, 6) is -3.51. The molecule has 10 heteroatoms. The Balaban J connectivity index is 1.97. The Morgan fingerprint density at radius 3 is 2.27 bits per heavy atom. The number of methoxy groups -OCH3 is 2. The topological polar surface area (TPSA) is 92.7 Å². The first-order valence-corrected chi connectivity index (χ1v) is 11.9. The van der Waals surface area contributed by atoms with E-state index in [4.69, 9.17) is 40.0 Å². The van der Waals surface area contributed by atoms with Crippen LogP contribution in [0.2, 0.25) is 0 Å². The number of carbonyl (C=O) groups excluding carboxylic acids is 1. The summed E-state index contributed by atoms with van der Waals surface area (Å²) in [5.41, 5.74) is 0. The second kappa shape index (κ2) is 9.81. The average Bonchev–Trinajstić information content (AvgIpc) is 2.77. The number of rotatable bonds is 7. The molecule has 1 aromatic rings. The van der Waals surface area contributed by atoms with Crippen molar-refractivity contribution in [3.63, 3.8) is 0 Å². The Morgan fingerprint density at radius 1 is 1.13 bits per heavy atom. The van der Waals surface area contributed by atoms with E-state index in [0.29, 0.717) is 0 Å². The number of aliphatic hydroxyl groups is 1. The molecule has 0 spiro atoms. The minimum absolute atomic E-state index is 0.183. The second-order valence-corrected chi connectivity index (χ2v) is 9.93. The SMILES string of the molecule is CO[C@]1(C)O[C@H]2[C@@H](OC(=O)CCl)[C@@H](CO)O[C@@H]([Se]c3ccccc3)[C@@H]2O[C@@]1(C)OC. The standard InChI is InChI=1S/C20H27ClO8Se/c1-19(24-3)20(2,25-4)29-17-16(28-19)15(27-14(23)10-21)13(11-22)26-18(17)30-12-8-6-5-7-9-12/h5-9,13,15-18,22H,10-11H2,1-4H3/t13-,15+,16+,17-,18+,19-,20-/m1/s1. The van der Waals surface area contributed by atoms with Crippen LogP contribution in [0.1, 0.15) is 13.8 Å². The van der Waals surface area contributed by atoms with Gasteiger partial charge in [-0.1, -0.05) is 0 Å². The van der Waals surface area contributed by atoms with Crippen LogP contribution in [-0.4, -0.2) is 93.7 Å². The molecule has 2 aliphatic heterocycles. The van der Waals surface area contributed by atoms with Gasteiger partial charge in [0, 0.05) is 0 Å². The van der Waals surface area contributed by atoms with Crippen molar-refractivity contribution in [2.75, 3.05) is 26.7 Å². The fourth-order valence-electron chi connectivity index (χ4n) is 3.54. The van der Waals surface area contributed by atoms with Crippen molar-refractivity contribution in [2.45, 2.75) is 54.8 Å². The number of esters is 1. The van der Waals surface area contributed by atoms with Gasteiger partial charge in [-0.25, -0.2) is 0 Å². The Morgan fingerprint density at radius 2 is 1.73 bits per heavy atom. The zero-order valence-electron chi connectivity index (χ0n) is 17.3. The van der Waals surface area contributed by atoms with Gasteiger partial charge in [0.25, 0.3) is 0 Å². The molecule has 1 aromatic carbocycles. The van der Waals surface area contributed by atoms with E-state index in [2.05, 4.69) is 0 Å². The van der Waals surface area contributed by atoms with Crippen molar-refractivity contribution < 1.29 is 38.3 Å². The third kappa shape index (κ3) is 4.55. The molecule has 0 saturated carbocycles. The maximum atomic E-state index is 12.0. The number of hydrogen-bond donors (Lipinski definition) is 1. The van der Waals surface area contributed by atoms with Crippen molar-refractivity contribution in [1.29, 1.82) is 0 Å². The summed E-state index contributed by atoms with van der Waals surface area (Å²) in [6.07, 6.45) is -3.11. The first kappa shape index (κ1) is 23.9. The fraction of sp³-hybridized carbons (Fsp3) is 0.650. The van der Waals surface area contributed by atoms with Gasteiger partial charge in [0.05, 0.1) is 0 Å². The molecule has 0 aromatic heterocycles. The number of ether oxygens (including phenoxy) is 6. The van der Waals surface area contributed by atoms with Crippen LogP contribution in [0.3, 0.4) is 0 Å². The van der Waals surface area contributed by atoms with Gasteiger partial charge in [-0.3, -0.25) is 0 Å². The predicted molar refractivity (Wildman–Crippen MR) is 109 cm³/mol. The number of alkyl halides is 1. The van der Waals surface area contributed by atoms with Crippen LogP contribution in [0.25, 0.3) is 0 Å². The van der Waals surface area contributed by atoms with Crippen molar-refractivity contribution >= 4 is 37.0 Å². The first-order valence-electron chi connectivity index (χ1n) is 9.50. The van der Waals surface area contributed by atoms with Crippen LogP contribution in [0.15, 0.2) is 30.3 Å². The fourth-order valence-corrected chi connectivity index (χ4v) is 5.96. The summed E-state index contributed by atoms with van der Waals surface area (Å²) in [6.45, 7) is 3.05. The molecule has 0 radical (unpaired) electrons.